The summed E-state index contributed by atoms with van der Waals surface area (Å²) in [5, 5.41) is 15.8. The van der Waals surface area contributed by atoms with Crippen LogP contribution in [0.4, 0.5) is 5.13 Å². The van der Waals surface area contributed by atoms with Gasteiger partial charge in [0.15, 0.2) is 16.6 Å². The van der Waals surface area contributed by atoms with E-state index in [9.17, 15) is 9.59 Å². The van der Waals surface area contributed by atoms with E-state index in [-0.39, 0.29) is 17.2 Å². The Morgan fingerprint density at radius 2 is 2.10 bits per heavy atom. The fraction of sp³-hybridized carbons (Fsp3) is 0.263. The maximum absolute atomic E-state index is 12.4. The molecular weight excluding hydrogens is 458 g/mol. The average molecular weight is 476 g/mol. The van der Waals surface area contributed by atoms with Gasteiger partial charge in [0.1, 0.15) is 5.01 Å². The molecule has 4 aromatic rings. The van der Waals surface area contributed by atoms with Crippen LogP contribution in [0, 0.1) is 5.92 Å². The molecule has 0 saturated carbocycles. The number of anilines is 1. The smallest absolute Gasteiger partial charge is 0.266 e. The van der Waals surface area contributed by atoms with Crippen molar-refractivity contribution in [3.05, 3.63) is 50.7 Å². The van der Waals surface area contributed by atoms with Gasteiger partial charge in [-0.2, -0.15) is 0 Å². The van der Waals surface area contributed by atoms with Crippen molar-refractivity contribution < 1.29 is 4.79 Å². The minimum atomic E-state index is -0.316. The lowest BCUT2D eigenvalue weighted by Gasteiger charge is -2.08. The van der Waals surface area contributed by atoms with Crippen LogP contribution in [0.5, 0.6) is 0 Å². The molecule has 0 unspecified atom stereocenters. The predicted molar refractivity (Wildman–Crippen MR) is 122 cm³/mol. The first-order valence-electron chi connectivity index (χ1n) is 9.39. The molecule has 2 N–H and O–H groups in total. The van der Waals surface area contributed by atoms with Crippen molar-refractivity contribution in [2.24, 2.45) is 5.92 Å². The first-order chi connectivity index (χ1) is 14.9. The standard InChI is InChI=1S/C19H18ClN7O2S2/c1-10(2)7-16-24-25-18(31-16)22-15(29)9-30-19-23-17(11-5-3-4-6-12(11)20)21-13-8-14(28)26-27(13)19/h3-6,8,10H,7,9H2,1-2H3,(H,26,28)(H,22,25,29). The Bertz CT molecular complexity index is 1300. The first kappa shape index (κ1) is 21.5. The van der Waals surface area contributed by atoms with Gasteiger partial charge < -0.3 is 0 Å². The maximum atomic E-state index is 12.4. The van der Waals surface area contributed by atoms with Crippen LogP contribution in [-0.4, -0.2) is 41.4 Å². The van der Waals surface area contributed by atoms with Gasteiger partial charge >= 0.3 is 0 Å². The van der Waals surface area contributed by atoms with Gasteiger partial charge in [-0.1, -0.05) is 60.7 Å². The van der Waals surface area contributed by atoms with Crippen molar-refractivity contribution >= 4 is 51.4 Å². The van der Waals surface area contributed by atoms with Crippen molar-refractivity contribution in [3.63, 3.8) is 0 Å². The molecule has 9 nitrogen and oxygen atoms in total. The molecule has 0 bridgehead atoms. The quantitative estimate of drug-likeness (QED) is 0.392. The van der Waals surface area contributed by atoms with Crippen LogP contribution in [0.25, 0.3) is 17.0 Å². The molecule has 31 heavy (non-hydrogen) atoms. The fourth-order valence-corrected chi connectivity index (χ4v) is 4.70. The van der Waals surface area contributed by atoms with Crippen molar-refractivity contribution in [3.8, 4) is 11.4 Å². The summed E-state index contributed by atoms with van der Waals surface area (Å²) in [6.45, 7) is 4.20. The van der Waals surface area contributed by atoms with Gasteiger partial charge in [0.05, 0.1) is 10.8 Å². The number of fused-ring (bicyclic) bond motifs is 1. The largest absolute Gasteiger partial charge is 0.300 e. The third-order valence-electron chi connectivity index (χ3n) is 4.07. The van der Waals surface area contributed by atoms with Gasteiger partial charge in [0.2, 0.25) is 11.0 Å². The topological polar surface area (TPSA) is 118 Å². The molecule has 3 aromatic heterocycles. The summed E-state index contributed by atoms with van der Waals surface area (Å²) in [5.74, 6) is 0.643. The molecule has 1 amide bonds. The molecule has 12 heteroatoms. The Labute approximate surface area is 190 Å². The van der Waals surface area contributed by atoms with Crippen molar-refractivity contribution in [1.29, 1.82) is 0 Å². The molecule has 0 aliphatic carbocycles. The predicted octanol–water partition coefficient (Wildman–Crippen LogP) is 3.52. The highest BCUT2D eigenvalue weighted by atomic mass is 35.5. The van der Waals surface area contributed by atoms with Crippen molar-refractivity contribution in [2.45, 2.75) is 25.4 Å². The van der Waals surface area contributed by atoms with Crippen LogP contribution in [0.3, 0.4) is 0 Å². The van der Waals surface area contributed by atoms with E-state index in [1.54, 1.807) is 12.1 Å². The molecule has 0 atom stereocenters. The fourth-order valence-electron chi connectivity index (χ4n) is 2.76. The lowest BCUT2D eigenvalue weighted by molar-refractivity contribution is -0.113. The van der Waals surface area contributed by atoms with Crippen molar-refractivity contribution in [1.82, 2.24) is 29.8 Å². The Morgan fingerprint density at radius 1 is 1.29 bits per heavy atom. The summed E-state index contributed by atoms with van der Waals surface area (Å²) in [7, 11) is 0. The summed E-state index contributed by atoms with van der Waals surface area (Å²) in [5.41, 5.74) is 0.710. The number of hydrogen-bond acceptors (Lipinski definition) is 8. The number of rotatable bonds is 7. The van der Waals surface area contributed by atoms with Gasteiger partial charge in [-0.15, -0.1) is 10.2 Å². The SMILES string of the molecule is CC(C)Cc1nnc(NC(=O)CSc2nc(-c3ccccc3Cl)nc3cc(=O)[nH]n23)s1. The lowest BCUT2D eigenvalue weighted by atomic mass is 10.1. The molecule has 0 radical (unpaired) electrons. The second-order valence-electron chi connectivity index (χ2n) is 7.06. The first-order valence-corrected chi connectivity index (χ1v) is 11.6. The van der Waals surface area contributed by atoms with E-state index in [1.165, 1.54) is 33.7 Å². The Morgan fingerprint density at radius 3 is 2.87 bits per heavy atom. The number of thioether (sulfide) groups is 1. The van der Waals surface area contributed by atoms with Crippen LogP contribution in [0.2, 0.25) is 5.02 Å². The van der Waals surface area contributed by atoms with Gasteiger partial charge in [-0.05, 0) is 18.1 Å². The molecule has 0 aliphatic rings. The van der Waals surface area contributed by atoms with E-state index in [1.807, 2.05) is 12.1 Å². The van der Waals surface area contributed by atoms with Gasteiger partial charge in [0.25, 0.3) is 5.56 Å². The monoisotopic (exact) mass is 475 g/mol. The number of H-pyrrole nitrogens is 1. The Balaban J connectivity index is 1.53. The lowest BCUT2D eigenvalue weighted by Crippen LogP contribution is -2.15. The summed E-state index contributed by atoms with van der Waals surface area (Å²) in [4.78, 5) is 33.2. The van der Waals surface area contributed by atoms with Crippen LogP contribution in [0.1, 0.15) is 18.9 Å². The second kappa shape index (κ2) is 9.16. The number of carbonyl (C=O) groups is 1. The number of aromatic nitrogens is 6. The van der Waals surface area contributed by atoms with Crippen LogP contribution >= 0.6 is 34.7 Å². The van der Waals surface area contributed by atoms with Gasteiger partial charge in [-0.25, -0.2) is 14.5 Å². The third kappa shape index (κ3) is 5.12. The molecule has 4 rings (SSSR count). The van der Waals surface area contributed by atoms with Gasteiger partial charge in [0, 0.05) is 18.1 Å². The van der Waals surface area contributed by atoms with Gasteiger partial charge in [-0.3, -0.25) is 20.0 Å². The average Bonchev–Trinajstić information content (AvgIpc) is 3.31. The molecule has 0 fully saturated rings. The highest BCUT2D eigenvalue weighted by Crippen LogP contribution is 2.27. The number of carbonyl (C=O) groups excluding carboxylic acids is 1. The van der Waals surface area contributed by atoms with E-state index in [2.05, 4.69) is 44.4 Å². The number of nitrogens with zero attached hydrogens (tertiary/aromatic N) is 5. The number of nitrogens with one attached hydrogen (secondary N) is 2. The van der Waals surface area contributed by atoms with E-state index in [0.717, 1.165) is 11.4 Å². The summed E-state index contributed by atoms with van der Waals surface area (Å²) >= 11 is 8.81. The molecule has 1 aromatic carbocycles. The Hall–Kier alpha value is -2.76. The zero-order valence-corrected chi connectivity index (χ0v) is 19.0. The zero-order valence-electron chi connectivity index (χ0n) is 16.6. The molecular formula is C19H18ClN7O2S2. The molecule has 3 heterocycles. The normalized spacial score (nSPS) is 11.4. The third-order valence-corrected chi connectivity index (χ3v) is 6.20. The number of hydrogen-bond donors (Lipinski definition) is 2. The molecule has 160 valence electrons. The highest BCUT2D eigenvalue weighted by Gasteiger charge is 2.15. The number of halogens is 1. The number of benzene rings is 1. The molecule has 0 saturated heterocycles. The highest BCUT2D eigenvalue weighted by molar-refractivity contribution is 7.99. The summed E-state index contributed by atoms with van der Waals surface area (Å²) in [6, 6.07) is 8.54. The Kier molecular flexibility index (Phi) is 6.35. The summed E-state index contributed by atoms with van der Waals surface area (Å²) in [6.07, 6.45) is 0.813. The maximum Gasteiger partial charge on any atom is 0.266 e. The van der Waals surface area contributed by atoms with Crippen LogP contribution < -0.4 is 10.9 Å². The van der Waals surface area contributed by atoms with E-state index < -0.39 is 0 Å². The molecule has 0 aliphatic heterocycles. The van der Waals surface area contributed by atoms with E-state index in [4.69, 9.17) is 11.6 Å². The number of amides is 1. The zero-order chi connectivity index (χ0) is 22.0. The minimum Gasteiger partial charge on any atom is -0.300 e. The van der Waals surface area contributed by atoms with Crippen LogP contribution in [-0.2, 0) is 11.2 Å². The van der Waals surface area contributed by atoms with Crippen LogP contribution in [0.15, 0.2) is 40.3 Å². The van der Waals surface area contributed by atoms with E-state index in [0.29, 0.717) is 38.3 Å². The van der Waals surface area contributed by atoms with Crippen molar-refractivity contribution in [2.75, 3.05) is 11.1 Å². The molecule has 0 spiro atoms. The van der Waals surface area contributed by atoms with E-state index >= 15 is 0 Å². The second-order valence-corrected chi connectivity index (χ2v) is 9.47. The number of aromatic amines is 1. The summed E-state index contributed by atoms with van der Waals surface area (Å²) < 4.78 is 1.45. The minimum absolute atomic E-state index is 0.0629.